The number of nitrogens with zero attached hydrogens (tertiary/aromatic N) is 5. The van der Waals surface area contributed by atoms with Crippen LogP contribution in [0.1, 0.15) is 179 Å². The summed E-state index contributed by atoms with van der Waals surface area (Å²) >= 11 is 12.1. The van der Waals surface area contributed by atoms with Crippen LogP contribution in [0, 0.1) is 37.5 Å². The van der Waals surface area contributed by atoms with E-state index in [0.717, 1.165) is 115 Å². The Balaban J connectivity index is 1.10. The van der Waals surface area contributed by atoms with Gasteiger partial charge in [0.2, 0.25) is 0 Å². The van der Waals surface area contributed by atoms with Crippen LogP contribution in [0.3, 0.4) is 0 Å². The third kappa shape index (κ3) is 12.0. The van der Waals surface area contributed by atoms with Gasteiger partial charge >= 0.3 is 0 Å². The number of thiophene rings is 3. The zero-order valence-corrected chi connectivity index (χ0v) is 49.4. The van der Waals surface area contributed by atoms with Crippen LogP contribution in [-0.4, -0.2) is 43.2 Å². The molecule has 1 aliphatic heterocycles. The summed E-state index contributed by atoms with van der Waals surface area (Å²) in [6.07, 6.45) is 22.8. The van der Waals surface area contributed by atoms with Crippen molar-refractivity contribution >= 4 is 112 Å². The third-order valence-corrected chi connectivity index (χ3v) is 22.2. The van der Waals surface area contributed by atoms with Gasteiger partial charge in [-0.3, -0.25) is 14.5 Å². The number of rotatable bonds is 26. The summed E-state index contributed by atoms with van der Waals surface area (Å²) in [5, 5.41) is 3.79. The fraction of sp³-hybridized carbons (Fsp3) is 0.517. The van der Waals surface area contributed by atoms with E-state index in [1.165, 1.54) is 106 Å². The van der Waals surface area contributed by atoms with E-state index in [1.807, 2.05) is 42.0 Å². The van der Waals surface area contributed by atoms with Gasteiger partial charge in [0.15, 0.2) is 0 Å². The van der Waals surface area contributed by atoms with E-state index in [9.17, 15) is 9.59 Å². The highest BCUT2D eigenvalue weighted by Crippen LogP contribution is 2.53. The average Bonchev–Trinajstić information content (AvgIpc) is 4.21. The van der Waals surface area contributed by atoms with Gasteiger partial charge in [0.1, 0.15) is 20.0 Å². The molecule has 1 aromatic carbocycles. The number of unbranched alkanes of at least 4 members (excludes halogenated alkanes) is 5. The first-order valence-electron chi connectivity index (χ1n) is 26.6. The Kier molecular flexibility index (Phi) is 17.8. The molecule has 72 heavy (non-hydrogen) atoms. The number of imide groups is 1. The molecule has 0 saturated carbocycles. The summed E-state index contributed by atoms with van der Waals surface area (Å²) in [6.45, 7) is 20.9. The van der Waals surface area contributed by atoms with Crippen LogP contribution in [0.2, 0.25) is 0 Å². The van der Waals surface area contributed by atoms with Gasteiger partial charge in [0, 0.05) is 38.4 Å². The molecule has 0 radical (unpaired) electrons. The van der Waals surface area contributed by atoms with Gasteiger partial charge in [-0.15, -0.1) is 79.4 Å². The van der Waals surface area contributed by atoms with Gasteiger partial charge in [-0.1, -0.05) is 119 Å². The molecule has 2 atom stereocenters. The van der Waals surface area contributed by atoms with Crippen molar-refractivity contribution in [3.63, 3.8) is 0 Å². The number of aryl methyl sites for hydroxylation is 4. The van der Waals surface area contributed by atoms with E-state index >= 15 is 0 Å². The van der Waals surface area contributed by atoms with Crippen molar-refractivity contribution in [3.05, 3.63) is 67.3 Å². The molecule has 8 heterocycles. The average molecular weight is 1090 g/mol. The molecule has 14 heteroatoms. The van der Waals surface area contributed by atoms with Crippen LogP contribution in [0.15, 0.2) is 36.7 Å². The highest BCUT2D eigenvalue weighted by molar-refractivity contribution is 7.29. The van der Waals surface area contributed by atoms with E-state index in [0.29, 0.717) is 29.5 Å². The van der Waals surface area contributed by atoms with Crippen LogP contribution < -0.4 is 0 Å². The van der Waals surface area contributed by atoms with Crippen molar-refractivity contribution < 1.29 is 9.59 Å². The summed E-state index contributed by atoms with van der Waals surface area (Å²) in [7, 11) is 0. The molecular weight excluding hydrogens is 1020 g/mol. The second-order valence-corrected chi connectivity index (χ2v) is 29.0. The molecule has 2 amide bonds. The molecule has 0 aliphatic carbocycles. The molecule has 8 aromatic rings. The maximum Gasteiger partial charge on any atom is 0.263 e. The van der Waals surface area contributed by atoms with Crippen molar-refractivity contribution in [1.82, 2.24) is 24.8 Å². The summed E-state index contributed by atoms with van der Waals surface area (Å²) in [4.78, 5) is 60.0. The van der Waals surface area contributed by atoms with Crippen LogP contribution >= 0.6 is 79.4 Å². The number of hydrogen-bond donors (Lipinski definition) is 0. The standard InChI is InChI=1S/C58H71N5O2S7/c1-10-11-12-13-14-15-30-63-57(64)44-38(9)67-50(45(44)58(63)65)43-32-60-56(70-43)47-49-51(71-54(62-49)42-29-27-40(69-42)25-23-36(7)21-17-19-34(4)5)46(55-59-31-37(8)66-55)48-52(47)72-53(61-48)41-28-26-39(68-41)24-22-35(6)20-16-18-33(2)3/h26-29,31-36H,10-25,30H2,1-9H3. The minimum Gasteiger partial charge on any atom is -0.274 e. The van der Waals surface area contributed by atoms with Crippen LogP contribution in [0.5, 0.6) is 0 Å². The number of aromatic nitrogens is 4. The van der Waals surface area contributed by atoms with Gasteiger partial charge in [-0.25, -0.2) is 19.9 Å². The van der Waals surface area contributed by atoms with Crippen LogP contribution in [0.25, 0.3) is 71.1 Å². The lowest BCUT2D eigenvalue weighted by Crippen LogP contribution is -2.31. The molecule has 0 spiro atoms. The van der Waals surface area contributed by atoms with Crippen molar-refractivity contribution in [2.24, 2.45) is 23.7 Å². The molecule has 2 unspecified atom stereocenters. The van der Waals surface area contributed by atoms with E-state index in [4.69, 9.17) is 19.9 Å². The highest BCUT2D eigenvalue weighted by Gasteiger charge is 2.41. The van der Waals surface area contributed by atoms with E-state index in [-0.39, 0.29) is 11.8 Å². The highest BCUT2D eigenvalue weighted by atomic mass is 32.1. The lowest BCUT2D eigenvalue weighted by molar-refractivity contribution is 0.0651. The monoisotopic (exact) mass is 1090 g/mol. The second kappa shape index (κ2) is 24.0. The Labute approximate surface area is 455 Å². The Morgan fingerprint density at radius 2 is 1.03 bits per heavy atom. The van der Waals surface area contributed by atoms with Crippen molar-refractivity contribution in [3.8, 4) is 50.7 Å². The van der Waals surface area contributed by atoms with Gasteiger partial charge in [0.25, 0.3) is 11.8 Å². The molecular formula is C58H71N5O2S7. The Morgan fingerprint density at radius 3 is 1.57 bits per heavy atom. The van der Waals surface area contributed by atoms with E-state index in [1.54, 1.807) is 45.3 Å². The number of fused-ring (bicyclic) bond motifs is 3. The van der Waals surface area contributed by atoms with E-state index < -0.39 is 0 Å². The summed E-state index contributed by atoms with van der Waals surface area (Å²) in [5.41, 5.74) is 4.99. The molecule has 0 N–H and O–H groups in total. The minimum atomic E-state index is -0.172. The van der Waals surface area contributed by atoms with Gasteiger partial charge in [-0.2, -0.15) is 0 Å². The zero-order valence-electron chi connectivity index (χ0n) is 43.7. The number of benzene rings is 1. The smallest absolute Gasteiger partial charge is 0.263 e. The van der Waals surface area contributed by atoms with Gasteiger partial charge < -0.3 is 0 Å². The Morgan fingerprint density at radius 1 is 0.500 bits per heavy atom. The summed E-state index contributed by atoms with van der Waals surface area (Å²) in [6, 6.07) is 9.15. The fourth-order valence-corrected chi connectivity index (χ4v) is 17.5. The first-order valence-corrected chi connectivity index (χ1v) is 32.3. The van der Waals surface area contributed by atoms with Gasteiger partial charge in [0.05, 0.1) is 62.2 Å². The molecule has 0 fully saturated rings. The minimum absolute atomic E-state index is 0.155. The van der Waals surface area contributed by atoms with Crippen molar-refractivity contribution in [1.29, 1.82) is 0 Å². The maximum absolute atomic E-state index is 14.2. The van der Waals surface area contributed by atoms with Crippen LogP contribution in [-0.2, 0) is 12.8 Å². The predicted octanol–water partition coefficient (Wildman–Crippen LogP) is 19.7. The first-order chi connectivity index (χ1) is 34.8. The largest absolute Gasteiger partial charge is 0.274 e. The molecule has 9 rings (SSSR count). The fourth-order valence-electron chi connectivity index (χ4n) is 9.97. The van der Waals surface area contributed by atoms with Crippen molar-refractivity contribution in [2.45, 2.75) is 165 Å². The lowest BCUT2D eigenvalue weighted by Gasteiger charge is -2.14. The number of carbonyl (C=O) groups is 2. The topological polar surface area (TPSA) is 88.9 Å². The number of carbonyl (C=O) groups excluding carboxylic acids is 2. The number of thiazole rings is 4. The quantitative estimate of drug-likeness (QED) is 0.0396. The Bertz CT molecular complexity index is 3020. The normalized spacial score (nSPS) is 13.9. The molecule has 0 saturated heterocycles. The second-order valence-electron chi connectivity index (χ2n) is 21.2. The Hall–Kier alpha value is -3.50. The molecule has 7 nitrogen and oxygen atoms in total. The SMILES string of the molecule is CCCCCCCCN1C(=O)c2c(C)sc(-c3cnc(-c4c5nc(-c6ccc(CCC(C)CCCC(C)C)s6)sc5c(-c5ncc(C)s5)c5nc(-c6ccc(CCC(C)CCCC(C)C)s6)sc45)s3)c2C1=O. The van der Waals surface area contributed by atoms with E-state index in [2.05, 4.69) is 79.7 Å². The maximum atomic E-state index is 14.2. The molecule has 0 bridgehead atoms. The van der Waals surface area contributed by atoms with Gasteiger partial charge in [-0.05, 0) is 93.9 Å². The third-order valence-electron chi connectivity index (χ3n) is 14.2. The lowest BCUT2D eigenvalue weighted by atomic mass is 9.96. The zero-order chi connectivity index (χ0) is 50.6. The number of hydrogen-bond acceptors (Lipinski definition) is 13. The molecule has 7 aromatic heterocycles. The predicted molar refractivity (Wildman–Crippen MR) is 316 cm³/mol. The van der Waals surface area contributed by atoms with Crippen LogP contribution in [0.4, 0.5) is 0 Å². The summed E-state index contributed by atoms with van der Waals surface area (Å²) in [5.74, 6) is 2.59. The molecule has 382 valence electrons. The number of amides is 2. The first kappa shape index (κ1) is 53.3. The van der Waals surface area contributed by atoms with Crippen molar-refractivity contribution in [2.75, 3.05) is 6.54 Å². The molecule has 1 aliphatic rings. The summed E-state index contributed by atoms with van der Waals surface area (Å²) < 4.78 is 2.12.